The van der Waals surface area contributed by atoms with E-state index < -0.39 is 6.03 Å². The zero-order chi connectivity index (χ0) is 13.7. The van der Waals surface area contributed by atoms with Gasteiger partial charge in [0.25, 0.3) is 0 Å². The Balaban J connectivity index is 2.49. The van der Waals surface area contributed by atoms with Crippen molar-refractivity contribution in [2.24, 2.45) is 4.99 Å². The molecule has 0 aliphatic carbocycles. The van der Waals surface area contributed by atoms with Gasteiger partial charge < -0.3 is 5.32 Å². The zero-order valence-corrected chi connectivity index (χ0v) is 10.4. The van der Waals surface area contributed by atoms with Gasteiger partial charge in [0.2, 0.25) is 0 Å². The van der Waals surface area contributed by atoms with Crippen molar-refractivity contribution < 1.29 is 9.18 Å². The van der Waals surface area contributed by atoms with Crippen LogP contribution in [0.25, 0.3) is 0 Å². The molecule has 2 aromatic carbocycles. The number of aliphatic imine (C=N–C) groups is 1. The van der Waals surface area contributed by atoms with Crippen molar-refractivity contribution in [1.29, 1.82) is 0 Å². The third-order valence-corrected chi connectivity index (χ3v) is 2.59. The van der Waals surface area contributed by atoms with Crippen molar-refractivity contribution in [2.75, 3.05) is 7.05 Å². The quantitative estimate of drug-likeness (QED) is 0.824. The summed E-state index contributed by atoms with van der Waals surface area (Å²) in [4.78, 5) is 15.5. The monoisotopic (exact) mass is 256 g/mol. The van der Waals surface area contributed by atoms with E-state index in [4.69, 9.17) is 0 Å². The van der Waals surface area contributed by atoms with Crippen molar-refractivity contribution in [1.82, 2.24) is 5.32 Å². The Kier molecular flexibility index (Phi) is 4.03. The Morgan fingerprint density at radius 3 is 2.16 bits per heavy atom. The molecule has 0 spiro atoms. The van der Waals surface area contributed by atoms with E-state index in [-0.39, 0.29) is 5.82 Å². The lowest BCUT2D eigenvalue weighted by molar-refractivity contribution is 0.251. The first-order valence-corrected chi connectivity index (χ1v) is 5.82. The molecule has 96 valence electrons. The number of rotatable bonds is 2. The van der Waals surface area contributed by atoms with Gasteiger partial charge in [-0.3, -0.25) is 0 Å². The molecule has 0 radical (unpaired) electrons. The highest BCUT2D eigenvalue weighted by Crippen LogP contribution is 2.12. The number of benzene rings is 2. The first kappa shape index (κ1) is 13.0. The fourth-order valence-electron chi connectivity index (χ4n) is 1.66. The molecule has 0 unspecified atom stereocenters. The summed E-state index contributed by atoms with van der Waals surface area (Å²) >= 11 is 0. The summed E-state index contributed by atoms with van der Waals surface area (Å²) in [6, 6.07) is 14.8. The maximum Gasteiger partial charge on any atom is 0.341 e. The van der Waals surface area contributed by atoms with Crippen LogP contribution in [0.5, 0.6) is 0 Å². The largest absolute Gasteiger partial charge is 0.341 e. The molecule has 0 aliphatic heterocycles. The van der Waals surface area contributed by atoms with E-state index in [2.05, 4.69) is 10.3 Å². The summed E-state index contributed by atoms with van der Waals surface area (Å²) in [5, 5.41) is 2.45. The summed E-state index contributed by atoms with van der Waals surface area (Å²) in [5.41, 5.74) is 2.01. The molecule has 1 N–H and O–H groups in total. The van der Waals surface area contributed by atoms with E-state index in [9.17, 15) is 9.18 Å². The minimum Gasteiger partial charge on any atom is -0.339 e. The van der Waals surface area contributed by atoms with Crippen LogP contribution in [0.1, 0.15) is 11.1 Å². The number of urea groups is 1. The van der Waals surface area contributed by atoms with E-state index in [1.165, 1.54) is 19.2 Å². The minimum atomic E-state index is -0.442. The molecule has 0 bridgehead atoms. The second-order valence-electron chi connectivity index (χ2n) is 3.89. The number of amides is 2. The van der Waals surface area contributed by atoms with Gasteiger partial charge in [-0.2, -0.15) is 4.99 Å². The molecule has 0 saturated heterocycles. The number of carbonyl (C=O) groups is 1. The van der Waals surface area contributed by atoms with Crippen molar-refractivity contribution in [3.8, 4) is 0 Å². The number of hydrogen-bond acceptors (Lipinski definition) is 1. The van der Waals surface area contributed by atoms with Crippen LogP contribution in [0.3, 0.4) is 0 Å². The second kappa shape index (κ2) is 5.91. The Morgan fingerprint density at radius 2 is 1.58 bits per heavy atom. The smallest absolute Gasteiger partial charge is 0.339 e. The lowest BCUT2D eigenvalue weighted by Crippen LogP contribution is -2.16. The van der Waals surface area contributed by atoms with E-state index in [0.717, 1.165) is 5.56 Å². The van der Waals surface area contributed by atoms with Crippen molar-refractivity contribution in [2.45, 2.75) is 0 Å². The summed E-state index contributed by atoms with van der Waals surface area (Å²) in [5.74, 6) is -0.323. The first-order valence-electron chi connectivity index (χ1n) is 5.82. The Labute approximate surface area is 110 Å². The Bertz CT molecular complexity index is 591. The van der Waals surface area contributed by atoms with Crippen molar-refractivity contribution in [3.05, 3.63) is 71.5 Å². The van der Waals surface area contributed by atoms with E-state index in [1.807, 2.05) is 30.3 Å². The molecule has 0 fully saturated rings. The predicted molar refractivity (Wildman–Crippen MR) is 72.9 cm³/mol. The Morgan fingerprint density at radius 1 is 1.00 bits per heavy atom. The number of carbonyl (C=O) groups excluding carboxylic acids is 1. The lowest BCUT2D eigenvalue weighted by Gasteiger charge is -2.06. The Hall–Kier alpha value is -2.49. The van der Waals surface area contributed by atoms with Crippen LogP contribution in [0.2, 0.25) is 0 Å². The van der Waals surface area contributed by atoms with E-state index >= 15 is 0 Å². The van der Waals surface area contributed by atoms with E-state index in [1.54, 1.807) is 12.1 Å². The topological polar surface area (TPSA) is 41.5 Å². The lowest BCUT2D eigenvalue weighted by atomic mass is 10.0. The average Bonchev–Trinajstić information content (AvgIpc) is 2.46. The molecule has 0 heterocycles. The molecule has 0 aromatic heterocycles. The summed E-state index contributed by atoms with van der Waals surface area (Å²) < 4.78 is 13.0. The van der Waals surface area contributed by atoms with E-state index in [0.29, 0.717) is 11.3 Å². The highest BCUT2D eigenvalue weighted by molar-refractivity contribution is 6.16. The van der Waals surface area contributed by atoms with Gasteiger partial charge >= 0.3 is 6.03 Å². The SMILES string of the molecule is CNC(=O)/N=C(/c1ccccc1)c1ccc(F)cc1. The molecule has 19 heavy (non-hydrogen) atoms. The van der Waals surface area contributed by atoms with Crippen LogP contribution < -0.4 is 5.32 Å². The highest BCUT2D eigenvalue weighted by Gasteiger charge is 2.08. The van der Waals surface area contributed by atoms with Crippen LogP contribution in [0.4, 0.5) is 9.18 Å². The fraction of sp³-hybridized carbons (Fsp3) is 0.0667. The van der Waals surface area contributed by atoms with Crippen LogP contribution >= 0.6 is 0 Å². The fourth-order valence-corrected chi connectivity index (χ4v) is 1.66. The van der Waals surface area contributed by atoms with Gasteiger partial charge in [0.05, 0.1) is 5.71 Å². The van der Waals surface area contributed by atoms with Gasteiger partial charge in [0.15, 0.2) is 0 Å². The number of nitrogens with zero attached hydrogens (tertiary/aromatic N) is 1. The second-order valence-corrected chi connectivity index (χ2v) is 3.89. The first-order chi connectivity index (χ1) is 9.20. The normalized spacial score (nSPS) is 11.2. The molecule has 4 heteroatoms. The summed E-state index contributed by atoms with van der Waals surface area (Å²) in [6.07, 6.45) is 0. The van der Waals surface area contributed by atoms with Gasteiger partial charge in [0.1, 0.15) is 5.82 Å². The molecule has 0 saturated carbocycles. The van der Waals surface area contributed by atoms with Gasteiger partial charge in [-0.05, 0) is 24.3 Å². The average molecular weight is 256 g/mol. The minimum absolute atomic E-state index is 0.323. The van der Waals surface area contributed by atoms with Crippen LogP contribution in [0.15, 0.2) is 59.6 Å². The zero-order valence-electron chi connectivity index (χ0n) is 10.4. The number of nitrogens with one attached hydrogen (secondary N) is 1. The molecule has 0 atom stereocenters. The third-order valence-electron chi connectivity index (χ3n) is 2.59. The molecule has 2 amide bonds. The van der Waals surface area contributed by atoms with Gasteiger partial charge in [-0.15, -0.1) is 0 Å². The van der Waals surface area contributed by atoms with Crippen LogP contribution in [-0.4, -0.2) is 18.8 Å². The maximum absolute atomic E-state index is 13.0. The highest BCUT2D eigenvalue weighted by atomic mass is 19.1. The van der Waals surface area contributed by atoms with Crippen LogP contribution in [-0.2, 0) is 0 Å². The van der Waals surface area contributed by atoms with Gasteiger partial charge in [0, 0.05) is 18.2 Å². The molecule has 2 aromatic rings. The molecule has 0 aliphatic rings. The van der Waals surface area contributed by atoms with Gasteiger partial charge in [-0.1, -0.05) is 30.3 Å². The standard InChI is InChI=1S/C15H13FN2O/c1-17-15(19)18-14(11-5-3-2-4-6-11)12-7-9-13(16)10-8-12/h2-10H,1H3,(H,17,19)/b18-14-. The van der Waals surface area contributed by atoms with Crippen molar-refractivity contribution >= 4 is 11.7 Å². The predicted octanol–water partition coefficient (Wildman–Crippen LogP) is 3.00. The third kappa shape index (κ3) is 3.25. The molecule has 2 rings (SSSR count). The molecular weight excluding hydrogens is 243 g/mol. The van der Waals surface area contributed by atoms with Gasteiger partial charge in [-0.25, -0.2) is 9.18 Å². The summed E-state index contributed by atoms with van der Waals surface area (Å²) in [6.45, 7) is 0. The van der Waals surface area contributed by atoms with Crippen LogP contribution in [0, 0.1) is 5.82 Å². The van der Waals surface area contributed by atoms with Crippen molar-refractivity contribution in [3.63, 3.8) is 0 Å². The molecule has 3 nitrogen and oxygen atoms in total. The number of halogens is 1. The summed E-state index contributed by atoms with van der Waals surface area (Å²) in [7, 11) is 1.51. The number of hydrogen-bond donors (Lipinski definition) is 1. The maximum atomic E-state index is 13.0. The molecular formula is C15H13FN2O.